The minimum absolute atomic E-state index is 0.205. The van der Waals surface area contributed by atoms with Gasteiger partial charge in [-0.3, -0.25) is 4.79 Å². The third-order valence-corrected chi connectivity index (χ3v) is 6.78. The zero-order chi connectivity index (χ0) is 30.1. The first-order valence-corrected chi connectivity index (χ1v) is 14.6. The van der Waals surface area contributed by atoms with Gasteiger partial charge in [-0.05, 0) is 63.0 Å². The molecule has 8 nitrogen and oxygen atoms in total. The lowest BCUT2D eigenvalue weighted by Gasteiger charge is -2.19. The van der Waals surface area contributed by atoms with Gasteiger partial charge in [0.25, 0.3) is 0 Å². The molecule has 3 aromatic rings. The molecule has 0 atom stereocenters. The van der Waals surface area contributed by atoms with Crippen molar-refractivity contribution >= 4 is 30.1 Å². The first-order chi connectivity index (χ1) is 20.2. The summed E-state index contributed by atoms with van der Waals surface area (Å²) in [5, 5.41) is 0. The molecule has 1 aliphatic carbocycles. The van der Waals surface area contributed by atoms with E-state index in [9.17, 15) is 14.4 Å². The van der Waals surface area contributed by atoms with Crippen LogP contribution in [0.1, 0.15) is 82.6 Å². The number of ether oxygens (including phenoxy) is 2. The quantitative estimate of drug-likeness (QED) is 0.105. The average molecular weight is 570 g/mol. The second-order valence-electron chi connectivity index (χ2n) is 11.4. The maximum atomic E-state index is 12.3. The van der Waals surface area contributed by atoms with E-state index in [1.807, 2.05) is 42.5 Å². The van der Waals surface area contributed by atoms with E-state index in [4.69, 9.17) is 14.5 Å². The smallest absolute Gasteiger partial charge is 0.428 e. The van der Waals surface area contributed by atoms with Crippen LogP contribution in [-0.2, 0) is 33.7 Å². The van der Waals surface area contributed by atoms with E-state index in [2.05, 4.69) is 28.6 Å². The average Bonchev–Trinajstić information content (AvgIpc) is 3.28. The fourth-order valence-corrected chi connectivity index (χ4v) is 4.75. The Morgan fingerprint density at radius 2 is 1.81 bits per heavy atom. The number of benzene rings is 2. The van der Waals surface area contributed by atoms with Gasteiger partial charge in [0.05, 0.1) is 17.1 Å². The summed E-state index contributed by atoms with van der Waals surface area (Å²) < 4.78 is 13.1. The van der Waals surface area contributed by atoms with E-state index < -0.39 is 11.8 Å². The molecular weight excluding hydrogens is 530 g/mol. The topological polar surface area (TPSA) is 99.8 Å². The van der Waals surface area contributed by atoms with Gasteiger partial charge in [-0.2, -0.15) is 0 Å². The second-order valence-corrected chi connectivity index (χ2v) is 11.4. The highest BCUT2D eigenvalue weighted by molar-refractivity contribution is 6.07. The van der Waals surface area contributed by atoms with Crippen molar-refractivity contribution in [1.29, 1.82) is 0 Å². The fourth-order valence-electron chi connectivity index (χ4n) is 4.75. The molecule has 0 aliphatic heterocycles. The molecule has 0 unspecified atom stereocenters. The molecule has 2 aromatic carbocycles. The van der Waals surface area contributed by atoms with E-state index in [0.29, 0.717) is 37.3 Å². The Morgan fingerprint density at radius 3 is 2.52 bits per heavy atom. The molecular formula is C34H39N3O5. The van der Waals surface area contributed by atoms with Gasteiger partial charge in [-0.1, -0.05) is 55.8 Å². The zero-order valence-corrected chi connectivity index (χ0v) is 24.9. The van der Waals surface area contributed by atoms with E-state index in [-0.39, 0.29) is 12.3 Å². The first-order valence-electron chi connectivity index (χ1n) is 14.6. The molecule has 1 aliphatic rings. The van der Waals surface area contributed by atoms with Crippen LogP contribution in [0.25, 0.3) is 17.2 Å². The monoisotopic (exact) mass is 569 g/mol. The molecule has 0 bridgehead atoms. The van der Waals surface area contributed by atoms with Crippen LogP contribution in [0.5, 0.6) is 5.75 Å². The molecule has 8 heteroatoms. The maximum absolute atomic E-state index is 12.3. The van der Waals surface area contributed by atoms with E-state index in [0.717, 1.165) is 59.5 Å². The van der Waals surface area contributed by atoms with Crippen LogP contribution in [0.2, 0.25) is 0 Å². The van der Waals surface area contributed by atoms with Crippen molar-refractivity contribution in [2.45, 2.75) is 84.8 Å². The number of hydrogen-bond donors (Lipinski definition) is 0. The van der Waals surface area contributed by atoms with Crippen molar-refractivity contribution < 1.29 is 23.9 Å². The van der Waals surface area contributed by atoms with Crippen molar-refractivity contribution in [2.24, 2.45) is 4.99 Å². The minimum atomic E-state index is -0.740. The van der Waals surface area contributed by atoms with Crippen LogP contribution in [0.4, 0.5) is 4.79 Å². The molecule has 0 fully saturated rings. The summed E-state index contributed by atoms with van der Waals surface area (Å²) >= 11 is 0. The van der Waals surface area contributed by atoms with Crippen LogP contribution in [-0.4, -0.2) is 39.2 Å². The normalized spacial score (nSPS) is 13.6. The minimum Gasteiger partial charge on any atom is -0.428 e. The third-order valence-electron chi connectivity index (χ3n) is 6.78. The van der Waals surface area contributed by atoms with Crippen LogP contribution in [0, 0.1) is 0 Å². The van der Waals surface area contributed by atoms with Gasteiger partial charge in [0, 0.05) is 37.8 Å². The number of para-hydroxylation sites is 1. The van der Waals surface area contributed by atoms with Gasteiger partial charge >= 0.3 is 6.16 Å². The lowest BCUT2D eigenvalue weighted by Crippen LogP contribution is -2.26. The van der Waals surface area contributed by atoms with Crippen molar-refractivity contribution in [3.63, 3.8) is 0 Å². The fraction of sp³-hybridized carbons (Fsp3) is 0.382. The molecule has 1 aromatic heterocycles. The number of amides is 1. The number of allylic oxidation sites excluding steroid dienone is 1. The summed E-state index contributed by atoms with van der Waals surface area (Å²) in [7, 11) is 0. The number of nitrogens with zero attached hydrogens (tertiary/aromatic N) is 3. The summed E-state index contributed by atoms with van der Waals surface area (Å²) in [6, 6.07) is 15.6. The number of carbonyl (C=O) groups excluding carboxylic acids is 3. The molecule has 42 heavy (non-hydrogen) atoms. The number of unbranched alkanes of at least 4 members (excludes halogenated alkanes) is 2. The Bertz CT molecular complexity index is 1480. The van der Waals surface area contributed by atoms with Crippen LogP contribution >= 0.6 is 0 Å². The number of aryl methyl sites for hydroxylation is 1. The molecule has 220 valence electrons. The molecule has 0 N–H and O–H groups in total. The summed E-state index contributed by atoms with van der Waals surface area (Å²) in [4.78, 5) is 44.4. The first kappa shape index (κ1) is 30.6. The Morgan fingerprint density at radius 1 is 1.05 bits per heavy atom. The zero-order valence-electron chi connectivity index (χ0n) is 24.9. The Labute approximate surface area is 247 Å². The number of hydrogen-bond acceptors (Lipinski definition) is 6. The van der Waals surface area contributed by atoms with E-state index in [1.54, 1.807) is 26.8 Å². The number of rotatable bonds is 11. The van der Waals surface area contributed by atoms with Crippen LogP contribution in [0.3, 0.4) is 0 Å². The predicted octanol–water partition coefficient (Wildman–Crippen LogP) is 7.16. The van der Waals surface area contributed by atoms with Crippen molar-refractivity contribution in [3.05, 3.63) is 77.4 Å². The van der Waals surface area contributed by atoms with Gasteiger partial charge in [-0.25, -0.2) is 14.8 Å². The number of fused-ring (bicyclic) bond motifs is 1. The van der Waals surface area contributed by atoms with Crippen LogP contribution < -0.4 is 4.74 Å². The largest absolute Gasteiger partial charge is 0.514 e. The maximum Gasteiger partial charge on any atom is 0.514 e. The number of imidazole rings is 1. The summed E-state index contributed by atoms with van der Waals surface area (Å²) in [5.41, 5.74) is 4.83. The van der Waals surface area contributed by atoms with Crippen molar-refractivity contribution in [2.75, 3.05) is 0 Å². The van der Waals surface area contributed by atoms with E-state index >= 15 is 0 Å². The molecule has 1 heterocycles. The Balaban J connectivity index is 1.55. The lowest BCUT2D eigenvalue weighted by atomic mass is 10.0. The highest BCUT2D eigenvalue weighted by Gasteiger charge is 2.22. The summed E-state index contributed by atoms with van der Waals surface area (Å²) in [6.07, 6.45) is 8.52. The SMILES string of the molecule is CCCCc1nc2c(n1Cc1ccc(-c3ccccc3OC(=O)OC(C)(C)C)cc1)CC(=NC(=O)CCCC=O)C=C2. The van der Waals surface area contributed by atoms with Gasteiger partial charge in [0.1, 0.15) is 23.5 Å². The van der Waals surface area contributed by atoms with Gasteiger partial charge < -0.3 is 18.8 Å². The predicted molar refractivity (Wildman–Crippen MR) is 164 cm³/mol. The molecule has 0 saturated carbocycles. The Hall–Kier alpha value is -4.33. The third kappa shape index (κ3) is 8.35. The number of carbonyl (C=O) groups is 3. The van der Waals surface area contributed by atoms with Gasteiger partial charge in [0.2, 0.25) is 5.91 Å². The van der Waals surface area contributed by atoms with Gasteiger partial charge in [0.15, 0.2) is 0 Å². The molecule has 0 spiro atoms. The van der Waals surface area contributed by atoms with Crippen LogP contribution in [0.15, 0.2) is 59.6 Å². The highest BCUT2D eigenvalue weighted by Crippen LogP contribution is 2.31. The lowest BCUT2D eigenvalue weighted by molar-refractivity contribution is -0.117. The molecule has 0 radical (unpaired) electrons. The summed E-state index contributed by atoms with van der Waals surface area (Å²) in [5.74, 6) is 1.25. The highest BCUT2D eigenvalue weighted by atomic mass is 16.7. The summed E-state index contributed by atoms with van der Waals surface area (Å²) in [6.45, 7) is 8.19. The second kappa shape index (κ2) is 14.0. The van der Waals surface area contributed by atoms with Crippen molar-refractivity contribution in [1.82, 2.24) is 9.55 Å². The number of aromatic nitrogens is 2. The molecule has 1 amide bonds. The Kier molecular flexibility index (Phi) is 10.2. The van der Waals surface area contributed by atoms with Crippen molar-refractivity contribution in [3.8, 4) is 16.9 Å². The molecule has 0 saturated heterocycles. The number of aldehydes is 1. The van der Waals surface area contributed by atoms with Gasteiger partial charge in [-0.15, -0.1) is 0 Å². The number of aliphatic imine (C=N–C) groups is 1. The molecule has 4 rings (SSSR count). The van der Waals surface area contributed by atoms with E-state index in [1.165, 1.54) is 0 Å². The standard InChI is InChI=1S/C34H39N3O5/c1-5-6-13-31-36-28-20-19-26(35-32(39)14-9-10-21-38)22-29(28)37(31)23-24-15-17-25(18-16-24)27-11-7-8-12-30(27)41-33(40)42-34(2,3)4/h7-8,11-12,15-21H,5-6,9-10,13-14,22-23H2,1-4H3.